The van der Waals surface area contributed by atoms with Crippen LogP contribution in [0.5, 0.6) is 0 Å². The summed E-state index contributed by atoms with van der Waals surface area (Å²) in [5, 5.41) is 6.80. The lowest BCUT2D eigenvalue weighted by molar-refractivity contribution is -0.0979. The van der Waals surface area contributed by atoms with Gasteiger partial charge >= 0.3 is 0 Å². The fourth-order valence-electron chi connectivity index (χ4n) is 1.40. The number of hydrogen-bond donors (Lipinski definition) is 2. The Kier molecular flexibility index (Phi) is 9.10. The van der Waals surface area contributed by atoms with E-state index in [4.69, 9.17) is 4.79 Å². The average Bonchev–Trinajstić information content (AvgIpc) is 2.20. The van der Waals surface area contributed by atoms with Crippen molar-refractivity contribution >= 4 is 6.79 Å². The Morgan fingerprint density at radius 3 is 1.93 bits per heavy atom. The first-order valence-electron chi connectivity index (χ1n) is 5.31. The molecule has 0 aromatic rings. The first-order valence-corrected chi connectivity index (χ1v) is 5.31. The molecule has 86 valence electrons. The van der Waals surface area contributed by atoms with Gasteiger partial charge in [0.1, 0.15) is 6.79 Å². The minimum absolute atomic E-state index is 0.296. The average molecular weight is 202 g/mol. The normalized spacial score (nSPS) is 29.0. The standard InChI is InChI=1S/C8H18N2.C2H6.CH2O/c1-6-7(2)9-5-10-8(6,3)4;2*1-2/h6-7,9-10H,5H2,1-4H3;1-2H3;1H2. The largest absolute Gasteiger partial charge is 0.307 e. The molecule has 2 unspecified atom stereocenters. The molecule has 3 nitrogen and oxygen atoms in total. The van der Waals surface area contributed by atoms with Crippen molar-refractivity contribution < 1.29 is 4.79 Å². The molecule has 2 N–H and O–H groups in total. The van der Waals surface area contributed by atoms with E-state index in [9.17, 15) is 0 Å². The molecule has 1 aliphatic rings. The van der Waals surface area contributed by atoms with E-state index < -0.39 is 0 Å². The molecule has 1 saturated heterocycles. The number of carbonyl (C=O) groups is 1. The van der Waals surface area contributed by atoms with Crippen LogP contribution in [0.3, 0.4) is 0 Å². The summed E-state index contributed by atoms with van der Waals surface area (Å²) in [5.74, 6) is 0.696. The first kappa shape index (κ1) is 16.0. The van der Waals surface area contributed by atoms with E-state index in [1.807, 2.05) is 20.6 Å². The molecule has 0 aromatic heterocycles. The van der Waals surface area contributed by atoms with Gasteiger partial charge < -0.3 is 10.1 Å². The quantitative estimate of drug-likeness (QED) is 0.629. The van der Waals surface area contributed by atoms with Crippen LogP contribution in [0, 0.1) is 5.92 Å². The topological polar surface area (TPSA) is 41.1 Å². The predicted molar refractivity (Wildman–Crippen MR) is 62.3 cm³/mol. The second kappa shape index (κ2) is 7.94. The summed E-state index contributed by atoms with van der Waals surface area (Å²) in [6.07, 6.45) is 0. The van der Waals surface area contributed by atoms with Crippen molar-refractivity contribution in [2.75, 3.05) is 6.67 Å². The Hall–Kier alpha value is -0.410. The van der Waals surface area contributed by atoms with Gasteiger partial charge in [0.05, 0.1) is 0 Å². The summed E-state index contributed by atoms with van der Waals surface area (Å²) >= 11 is 0. The zero-order valence-electron chi connectivity index (χ0n) is 10.5. The van der Waals surface area contributed by atoms with Crippen molar-refractivity contribution in [3.8, 4) is 0 Å². The second-order valence-corrected chi connectivity index (χ2v) is 3.86. The highest BCUT2D eigenvalue weighted by molar-refractivity contribution is 5.11. The maximum absolute atomic E-state index is 8.00. The zero-order valence-corrected chi connectivity index (χ0v) is 10.5. The molecule has 0 aromatic carbocycles. The van der Waals surface area contributed by atoms with Crippen molar-refractivity contribution in [3.05, 3.63) is 0 Å². The molecular formula is C11H26N2O. The van der Waals surface area contributed by atoms with E-state index in [0.717, 1.165) is 6.67 Å². The van der Waals surface area contributed by atoms with Crippen LogP contribution in [0.15, 0.2) is 0 Å². The molecule has 2 atom stereocenters. The molecule has 1 fully saturated rings. The molecule has 0 radical (unpaired) electrons. The Morgan fingerprint density at radius 1 is 1.21 bits per heavy atom. The van der Waals surface area contributed by atoms with E-state index in [1.165, 1.54) is 0 Å². The highest BCUT2D eigenvalue weighted by Crippen LogP contribution is 2.21. The van der Waals surface area contributed by atoms with Crippen LogP contribution in [-0.4, -0.2) is 25.0 Å². The lowest BCUT2D eigenvalue weighted by Gasteiger charge is -2.42. The van der Waals surface area contributed by atoms with Gasteiger partial charge in [-0.1, -0.05) is 20.8 Å². The molecule has 0 saturated carbocycles. The number of nitrogens with one attached hydrogen (secondary N) is 2. The van der Waals surface area contributed by atoms with Crippen LogP contribution in [0.4, 0.5) is 0 Å². The van der Waals surface area contributed by atoms with Crippen LogP contribution in [0.2, 0.25) is 0 Å². The Morgan fingerprint density at radius 2 is 1.64 bits per heavy atom. The smallest absolute Gasteiger partial charge is 0.106 e. The monoisotopic (exact) mass is 202 g/mol. The third-order valence-corrected chi connectivity index (χ3v) is 2.86. The van der Waals surface area contributed by atoms with Crippen molar-refractivity contribution in [2.24, 2.45) is 5.92 Å². The summed E-state index contributed by atoms with van der Waals surface area (Å²) in [6, 6.07) is 0.635. The highest BCUT2D eigenvalue weighted by Gasteiger charge is 2.32. The molecule has 3 heteroatoms. The van der Waals surface area contributed by atoms with Crippen LogP contribution in [0.1, 0.15) is 41.5 Å². The predicted octanol–water partition coefficient (Wildman–Crippen LogP) is 1.78. The van der Waals surface area contributed by atoms with Crippen molar-refractivity contribution in [1.29, 1.82) is 0 Å². The summed E-state index contributed by atoms with van der Waals surface area (Å²) < 4.78 is 0. The SMILES string of the molecule is C=O.CC.CC1NCNC(C)(C)C1C. The molecule has 0 spiro atoms. The first-order chi connectivity index (χ1) is 6.54. The molecular weight excluding hydrogens is 176 g/mol. The Labute approximate surface area is 88.7 Å². The van der Waals surface area contributed by atoms with Gasteiger partial charge in [0.25, 0.3) is 0 Å². The number of rotatable bonds is 0. The van der Waals surface area contributed by atoms with Crippen LogP contribution in [0.25, 0.3) is 0 Å². The fourth-order valence-corrected chi connectivity index (χ4v) is 1.40. The van der Waals surface area contributed by atoms with Gasteiger partial charge in [-0.25, -0.2) is 0 Å². The van der Waals surface area contributed by atoms with Crippen LogP contribution < -0.4 is 10.6 Å². The van der Waals surface area contributed by atoms with Gasteiger partial charge in [-0.15, -0.1) is 0 Å². The molecule has 1 rings (SSSR count). The van der Waals surface area contributed by atoms with Gasteiger partial charge in [0.2, 0.25) is 0 Å². The van der Waals surface area contributed by atoms with Crippen LogP contribution >= 0.6 is 0 Å². The molecule has 0 amide bonds. The molecule has 14 heavy (non-hydrogen) atoms. The maximum atomic E-state index is 8.00. The van der Waals surface area contributed by atoms with Crippen molar-refractivity contribution in [1.82, 2.24) is 10.6 Å². The minimum Gasteiger partial charge on any atom is -0.307 e. The van der Waals surface area contributed by atoms with Crippen LogP contribution in [-0.2, 0) is 4.79 Å². The number of hydrogen-bond acceptors (Lipinski definition) is 3. The Balaban J connectivity index is 0. The van der Waals surface area contributed by atoms with Gasteiger partial charge in [0.15, 0.2) is 0 Å². The minimum atomic E-state index is 0.296. The summed E-state index contributed by atoms with van der Waals surface area (Å²) in [4.78, 5) is 8.00. The maximum Gasteiger partial charge on any atom is 0.106 e. The molecule has 1 aliphatic heterocycles. The third kappa shape index (κ3) is 4.72. The third-order valence-electron chi connectivity index (χ3n) is 2.86. The Bertz CT molecular complexity index is 137. The summed E-state index contributed by atoms with van der Waals surface area (Å²) in [7, 11) is 0. The van der Waals surface area contributed by atoms with E-state index >= 15 is 0 Å². The molecule has 0 bridgehead atoms. The lowest BCUT2D eigenvalue weighted by atomic mass is 9.82. The van der Waals surface area contributed by atoms with E-state index in [1.54, 1.807) is 0 Å². The summed E-state index contributed by atoms with van der Waals surface area (Å²) in [5.41, 5.74) is 0.296. The molecule has 0 aliphatic carbocycles. The summed E-state index contributed by atoms with van der Waals surface area (Å²) in [6.45, 7) is 16.0. The van der Waals surface area contributed by atoms with Gasteiger partial charge in [-0.3, -0.25) is 5.32 Å². The lowest BCUT2D eigenvalue weighted by Crippen LogP contribution is -2.61. The molecule has 1 heterocycles. The van der Waals surface area contributed by atoms with Gasteiger partial charge in [0, 0.05) is 18.2 Å². The van der Waals surface area contributed by atoms with E-state index in [2.05, 4.69) is 38.3 Å². The van der Waals surface area contributed by atoms with E-state index in [0.29, 0.717) is 17.5 Å². The number of carbonyl (C=O) groups excluding carboxylic acids is 1. The second-order valence-electron chi connectivity index (χ2n) is 3.86. The van der Waals surface area contributed by atoms with E-state index in [-0.39, 0.29) is 0 Å². The van der Waals surface area contributed by atoms with Crippen molar-refractivity contribution in [2.45, 2.75) is 53.1 Å². The highest BCUT2D eigenvalue weighted by atomic mass is 16.1. The van der Waals surface area contributed by atoms with Gasteiger partial charge in [-0.2, -0.15) is 0 Å². The zero-order chi connectivity index (χ0) is 11.8. The van der Waals surface area contributed by atoms with Gasteiger partial charge in [-0.05, 0) is 26.7 Å². The fraction of sp³-hybridized carbons (Fsp3) is 0.909. The van der Waals surface area contributed by atoms with Crippen molar-refractivity contribution in [3.63, 3.8) is 0 Å².